The number of imide groups is 1. The van der Waals surface area contributed by atoms with E-state index in [0.29, 0.717) is 30.7 Å². The molecule has 0 aliphatic carbocycles. The highest BCUT2D eigenvalue weighted by molar-refractivity contribution is 5.98. The average Bonchev–Trinajstić information content (AvgIpc) is 2.58. The summed E-state index contributed by atoms with van der Waals surface area (Å²) < 4.78 is 5.14. The van der Waals surface area contributed by atoms with Crippen molar-refractivity contribution in [1.29, 1.82) is 0 Å². The Morgan fingerprint density at radius 3 is 2.60 bits per heavy atom. The fraction of sp³-hybridized carbons (Fsp3) is 0.471. The molecule has 8 heteroatoms. The van der Waals surface area contributed by atoms with E-state index in [4.69, 9.17) is 15.6 Å². The van der Waals surface area contributed by atoms with Crippen LogP contribution < -0.4 is 21.1 Å². The Morgan fingerprint density at radius 1 is 1.24 bits per heavy atom. The summed E-state index contributed by atoms with van der Waals surface area (Å²) in [7, 11) is 0. The van der Waals surface area contributed by atoms with E-state index in [1.54, 1.807) is 24.3 Å². The van der Waals surface area contributed by atoms with Gasteiger partial charge in [-0.05, 0) is 25.5 Å². The van der Waals surface area contributed by atoms with Crippen LogP contribution in [0.25, 0.3) is 0 Å². The Labute approximate surface area is 146 Å². The number of aliphatic hydroxyl groups is 1. The molecule has 1 aromatic rings. The van der Waals surface area contributed by atoms with Crippen molar-refractivity contribution in [1.82, 2.24) is 10.6 Å². The average molecular weight is 351 g/mol. The molecule has 138 valence electrons. The van der Waals surface area contributed by atoms with E-state index in [9.17, 15) is 14.4 Å². The van der Waals surface area contributed by atoms with Crippen LogP contribution in [0.4, 0.5) is 0 Å². The Bertz CT molecular complexity index is 591. The number of para-hydroxylation sites is 1. The molecule has 0 saturated carbocycles. The highest BCUT2D eigenvalue weighted by Crippen LogP contribution is 2.18. The van der Waals surface area contributed by atoms with Gasteiger partial charge in [-0.3, -0.25) is 19.7 Å². The molecule has 0 bridgehead atoms. The summed E-state index contributed by atoms with van der Waals surface area (Å²) >= 11 is 0. The SMILES string of the molecule is CC(=O)Oc1ccccc1CNC(CCCCN)C(=O)NC(=O)CO. The van der Waals surface area contributed by atoms with Gasteiger partial charge in [0.25, 0.3) is 5.91 Å². The Hall–Kier alpha value is -2.29. The van der Waals surface area contributed by atoms with Crippen LogP contribution in [0.2, 0.25) is 0 Å². The first-order valence-electron chi connectivity index (χ1n) is 8.12. The number of unbranched alkanes of at least 4 members (excludes halogenated alkanes) is 1. The van der Waals surface area contributed by atoms with E-state index in [0.717, 1.165) is 6.42 Å². The first-order chi connectivity index (χ1) is 12.0. The Balaban J connectivity index is 2.75. The monoisotopic (exact) mass is 351 g/mol. The molecule has 2 amide bonds. The number of nitrogens with two attached hydrogens (primary N) is 1. The molecule has 0 spiro atoms. The summed E-state index contributed by atoms with van der Waals surface area (Å²) in [5.41, 5.74) is 6.18. The fourth-order valence-electron chi connectivity index (χ4n) is 2.22. The maximum Gasteiger partial charge on any atom is 0.308 e. The molecular weight excluding hydrogens is 326 g/mol. The minimum atomic E-state index is -0.754. The molecule has 0 aliphatic rings. The van der Waals surface area contributed by atoms with E-state index in [1.165, 1.54) is 6.92 Å². The van der Waals surface area contributed by atoms with Gasteiger partial charge in [0.05, 0.1) is 6.04 Å². The highest BCUT2D eigenvalue weighted by atomic mass is 16.5. The molecule has 1 atom stereocenters. The quantitative estimate of drug-likeness (QED) is 0.262. The summed E-state index contributed by atoms with van der Waals surface area (Å²) in [6.45, 7) is 1.35. The third-order valence-corrected chi connectivity index (χ3v) is 3.43. The molecule has 1 aromatic carbocycles. The number of rotatable bonds is 10. The molecule has 1 unspecified atom stereocenters. The van der Waals surface area contributed by atoms with Gasteiger partial charge in [-0.25, -0.2) is 0 Å². The molecule has 0 fully saturated rings. The zero-order valence-corrected chi connectivity index (χ0v) is 14.3. The number of ether oxygens (including phenoxy) is 1. The molecule has 8 nitrogen and oxygen atoms in total. The van der Waals surface area contributed by atoms with E-state index in [2.05, 4.69) is 10.6 Å². The summed E-state index contributed by atoms with van der Waals surface area (Å²) in [5, 5.41) is 14.0. The van der Waals surface area contributed by atoms with E-state index in [1.807, 2.05) is 0 Å². The zero-order chi connectivity index (χ0) is 18.7. The van der Waals surface area contributed by atoms with Gasteiger partial charge < -0.3 is 20.9 Å². The van der Waals surface area contributed by atoms with Crippen molar-refractivity contribution >= 4 is 17.8 Å². The van der Waals surface area contributed by atoms with E-state index < -0.39 is 30.4 Å². The lowest BCUT2D eigenvalue weighted by Crippen LogP contribution is -2.46. The predicted octanol–water partition coefficient (Wildman–Crippen LogP) is -0.166. The summed E-state index contributed by atoms with van der Waals surface area (Å²) in [6.07, 6.45) is 1.95. The molecule has 5 N–H and O–H groups in total. The van der Waals surface area contributed by atoms with Crippen molar-refractivity contribution in [2.24, 2.45) is 5.73 Å². The minimum Gasteiger partial charge on any atom is -0.426 e. The lowest BCUT2D eigenvalue weighted by atomic mass is 10.1. The lowest BCUT2D eigenvalue weighted by molar-refractivity contribution is -0.134. The van der Waals surface area contributed by atoms with E-state index >= 15 is 0 Å². The smallest absolute Gasteiger partial charge is 0.308 e. The third-order valence-electron chi connectivity index (χ3n) is 3.43. The van der Waals surface area contributed by atoms with Crippen molar-refractivity contribution in [3.8, 4) is 5.75 Å². The van der Waals surface area contributed by atoms with Crippen LogP contribution in [0.15, 0.2) is 24.3 Å². The fourth-order valence-corrected chi connectivity index (χ4v) is 2.22. The van der Waals surface area contributed by atoms with Crippen LogP contribution >= 0.6 is 0 Å². The molecule has 0 radical (unpaired) electrons. The van der Waals surface area contributed by atoms with Crippen LogP contribution in [-0.4, -0.2) is 42.1 Å². The first kappa shape index (κ1) is 20.8. The van der Waals surface area contributed by atoms with Gasteiger partial charge in [0.15, 0.2) is 0 Å². The van der Waals surface area contributed by atoms with Crippen LogP contribution in [0.5, 0.6) is 5.75 Å². The van der Waals surface area contributed by atoms with Gasteiger partial charge >= 0.3 is 5.97 Å². The van der Waals surface area contributed by atoms with Crippen LogP contribution in [-0.2, 0) is 20.9 Å². The van der Waals surface area contributed by atoms with Gasteiger partial charge in [-0.2, -0.15) is 0 Å². The summed E-state index contributed by atoms with van der Waals surface area (Å²) in [5.74, 6) is -1.29. The van der Waals surface area contributed by atoms with Gasteiger partial charge in [0.2, 0.25) is 5.91 Å². The van der Waals surface area contributed by atoms with Crippen LogP contribution in [0, 0.1) is 0 Å². The topological polar surface area (TPSA) is 131 Å². The maximum absolute atomic E-state index is 12.2. The van der Waals surface area contributed by atoms with Crippen LogP contribution in [0.1, 0.15) is 31.7 Å². The number of carbonyl (C=O) groups excluding carboxylic acids is 3. The molecule has 0 saturated heterocycles. The van der Waals surface area contributed by atoms with Crippen molar-refractivity contribution in [2.45, 2.75) is 38.8 Å². The van der Waals surface area contributed by atoms with Crippen LogP contribution in [0.3, 0.4) is 0 Å². The van der Waals surface area contributed by atoms with E-state index in [-0.39, 0.29) is 6.54 Å². The minimum absolute atomic E-state index is 0.275. The Morgan fingerprint density at radius 2 is 1.96 bits per heavy atom. The number of benzene rings is 1. The Kier molecular flexibility index (Phi) is 9.38. The molecule has 0 aliphatic heterocycles. The van der Waals surface area contributed by atoms with Crippen molar-refractivity contribution in [3.63, 3.8) is 0 Å². The standard InChI is InChI=1S/C17H25N3O5/c1-12(22)25-15-8-3-2-6-13(15)10-19-14(7-4-5-9-18)17(24)20-16(23)11-21/h2-3,6,8,14,19,21H,4-5,7,9-11,18H2,1H3,(H,20,23,24). The number of carbonyl (C=O) groups is 3. The first-order valence-corrected chi connectivity index (χ1v) is 8.12. The molecule has 0 aromatic heterocycles. The molecule has 25 heavy (non-hydrogen) atoms. The number of hydrogen-bond acceptors (Lipinski definition) is 7. The number of aliphatic hydroxyl groups excluding tert-OH is 1. The maximum atomic E-state index is 12.2. The lowest BCUT2D eigenvalue weighted by Gasteiger charge is -2.18. The second kappa shape index (κ2) is 11.3. The van der Waals surface area contributed by atoms with Crippen molar-refractivity contribution in [3.05, 3.63) is 29.8 Å². The highest BCUT2D eigenvalue weighted by Gasteiger charge is 2.20. The number of amides is 2. The predicted molar refractivity (Wildman–Crippen MR) is 91.5 cm³/mol. The summed E-state index contributed by atoms with van der Waals surface area (Å²) in [6, 6.07) is 6.35. The second-order valence-electron chi connectivity index (χ2n) is 5.49. The number of esters is 1. The normalized spacial score (nSPS) is 11.6. The second-order valence-corrected chi connectivity index (χ2v) is 5.49. The van der Waals surface area contributed by atoms with Crippen molar-refractivity contribution < 1.29 is 24.2 Å². The van der Waals surface area contributed by atoms with Gasteiger partial charge in [0, 0.05) is 19.0 Å². The van der Waals surface area contributed by atoms with Gasteiger partial charge in [-0.15, -0.1) is 0 Å². The van der Waals surface area contributed by atoms with Gasteiger partial charge in [0.1, 0.15) is 12.4 Å². The van der Waals surface area contributed by atoms with Crippen molar-refractivity contribution in [2.75, 3.05) is 13.2 Å². The van der Waals surface area contributed by atoms with Gasteiger partial charge in [-0.1, -0.05) is 24.6 Å². The molecule has 0 heterocycles. The molecule has 1 rings (SSSR count). The number of nitrogens with one attached hydrogen (secondary N) is 2. The summed E-state index contributed by atoms with van der Waals surface area (Å²) in [4.78, 5) is 34.5. The third kappa shape index (κ3) is 7.88. The molecular formula is C17H25N3O5. The zero-order valence-electron chi connectivity index (χ0n) is 14.3. The largest absolute Gasteiger partial charge is 0.426 e. The number of hydrogen-bond donors (Lipinski definition) is 4.